The Hall–Kier alpha value is -2.72. The molecule has 0 N–H and O–H groups in total. The standard InChI is InChI=1S/C24H23NO3/c1-25-16-10-11-17(25)14-18(13-16)28-24(27)22-12-15-6-2-3-7-19(15)23(26)21-9-5-4-8-20(21)22/h2-9,12,16-18H,10-11,13-14H2,1H3. The number of rotatable bonds is 2. The van der Waals surface area contributed by atoms with E-state index in [1.165, 1.54) is 12.8 Å². The second kappa shape index (κ2) is 6.71. The fourth-order valence-electron chi connectivity index (χ4n) is 4.97. The van der Waals surface area contributed by atoms with Crippen LogP contribution in [0, 0.1) is 0 Å². The van der Waals surface area contributed by atoms with E-state index in [1.807, 2.05) is 48.5 Å². The first-order valence-corrected chi connectivity index (χ1v) is 9.99. The van der Waals surface area contributed by atoms with Crippen LogP contribution in [0.3, 0.4) is 0 Å². The third kappa shape index (κ3) is 2.80. The lowest BCUT2D eigenvalue weighted by Crippen LogP contribution is -2.43. The molecule has 142 valence electrons. The number of carbonyl (C=O) groups is 1. The van der Waals surface area contributed by atoms with Crippen LogP contribution in [0.1, 0.15) is 36.0 Å². The summed E-state index contributed by atoms with van der Waals surface area (Å²) in [5.74, 6) is -0.328. The summed E-state index contributed by atoms with van der Waals surface area (Å²) in [5, 5.41) is 2.60. The van der Waals surface area contributed by atoms with E-state index in [4.69, 9.17) is 4.74 Å². The highest BCUT2D eigenvalue weighted by atomic mass is 16.5. The lowest BCUT2D eigenvalue weighted by Gasteiger charge is -2.35. The van der Waals surface area contributed by atoms with Crippen LogP contribution in [0.4, 0.5) is 0 Å². The first kappa shape index (κ1) is 17.4. The molecular formula is C24H23NO3. The maximum Gasteiger partial charge on any atom is 0.339 e. The van der Waals surface area contributed by atoms with E-state index in [0.717, 1.165) is 18.2 Å². The third-order valence-corrected chi connectivity index (χ3v) is 6.52. The predicted octanol–water partition coefficient (Wildman–Crippen LogP) is 4.14. The van der Waals surface area contributed by atoms with Gasteiger partial charge in [-0.05, 0) is 31.3 Å². The largest absolute Gasteiger partial charge is 0.459 e. The van der Waals surface area contributed by atoms with Crippen molar-refractivity contribution in [3.05, 3.63) is 70.4 Å². The van der Waals surface area contributed by atoms with Gasteiger partial charge in [0.2, 0.25) is 0 Å². The first-order valence-electron chi connectivity index (χ1n) is 9.99. The second-order valence-electron chi connectivity index (χ2n) is 8.07. The van der Waals surface area contributed by atoms with Crippen molar-refractivity contribution < 1.29 is 9.53 Å². The number of ether oxygens (including phenoxy) is 1. The summed E-state index contributed by atoms with van der Waals surface area (Å²) >= 11 is 0. The summed E-state index contributed by atoms with van der Waals surface area (Å²) in [6.45, 7) is 0. The predicted molar refractivity (Wildman–Crippen MR) is 111 cm³/mol. The summed E-state index contributed by atoms with van der Waals surface area (Å²) < 4.78 is 5.98. The molecule has 2 saturated heterocycles. The molecule has 0 aliphatic carbocycles. The average molecular weight is 373 g/mol. The molecule has 0 saturated carbocycles. The van der Waals surface area contributed by atoms with Crippen LogP contribution < -0.4 is 5.43 Å². The molecule has 4 heteroatoms. The van der Waals surface area contributed by atoms with Gasteiger partial charge in [-0.2, -0.15) is 0 Å². The molecule has 28 heavy (non-hydrogen) atoms. The molecule has 2 fully saturated rings. The van der Waals surface area contributed by atoms with Crippen molar-refractivity contribution in [2.24, 2.45) is 0 Å². The van der Waals surface area contributed by atoms with E-state index in [9.17, 15) is 9.59 Å². The van der Waals surface area contributed by atoms with Crippen molar-refractivity contribution in [3.63, 3.8) is 0 Å². The highest BCUT2D eigenvalue weighted by Crippen LogP contribution is 2.36. The van der Waals surface area contributed by atoms with E-state index in [0.29, 0.717) is 33.8 Å². The number of esters is 1. The van der Waals surface area contributed by atoms with Crippen LogP contribution >= 0.6 is 0 Å². The molecule has 2 unspecified atom stereocenters. The fourth-order valence-corrected chi connectivity index (χ4v) is 4.97. The van der Waals surface area contributed by atoms with Gasteiger partial charge in [-0.25, -0.2) is 4.79 Å². The van der Waals surface area contributed by atoms with Gasteiger partial charge in [0.25, 0.3) is 0 Å². The van der Waals surface area contributed by atoms with E-state index in [-0.39, 0.29) is 17.5 Å². The first-order chi connectivity index (χ1) is 13.6. The zero-order valence-electron chi connectivity index (χ0n) is 15.9. The molecule has 0 aromatic heterocycles. The Labute approximate surface area is 163 Å². The fraction of sp³-hybridized carbons (Fsp3) is 0.333. The minimum atomic E-state index is -0.328. The number of nitrogens with zero attached hydrogens (tertiary/aromatic N) is 1. The Morgan fingerprint density at radius 1 is 0.929 bits per heavy atom. The number of piperidine rings is 1. The molecule has 3 aromatic rings. The minimum absolute atomic E-state index is 0.0524. The maximum absolute atomic E-state index is 13.2. The smallest absolute Gasteiger partial charge is 0.339 e. The Morgan fingerprint density at radius 2 is 1.54 bits per heavy atom. The van der Waals surface area contributed by atoms with Crippen molar-refractivity contribution in [2.75, 3.05) is 7.05 Å². The van der Waals surface area contributed by atoms with Crippen LogP contribution in [0.2, 0.25) is 0 Å². The number of hydrogen-bond acceptors (Lipinski definition) is 4. The summed E-state index contributed by atoms with van der Waals surface area (Å²) in [6, 6.07) is 17.6. The van der Waals surface area contributed by atoms with Gasteiger partial charge in [0.1, 0.15) is 6.10 Å². The molecule has 2 heterocycles. The lowest BCUT2D eigenvalue weighted by atomic mass is 10.0. The van der Waals surface area contributed by atoms with Crippen LogP contribution in [0.5, 0.6) is 0 Å². The van der Waals surface area contributed by atoms with Gasteiger partial charge < -0.3 is 9.64 Å². The molecule has 5 rings (SSSR count). The molecule has 3 aromatic carbocycles. The molecule has 2 aliphatic rings. The van der Waals surface area contributed by atoms with Gasteiger partial charge in [0.15, 0.2) is 5.43 Å². The summed E-state index contributed by atoms with van der Waals surface area (Å²) in [6.07, 6.45) is 4.10. The van der Waals surface area contributed by atoms with Crippen molar-refractivity contribution in [2.45, 2.75) is 43.9 Å². The number of fused-ring (bicyclic) bond motifs is 4. The summed E-state index contributed by atoms with van der Waals surface area (Å²) in [5.41, 5.74) is 0.419. The second-order valence-corrected chi connectivity index (χ2v) is 8.07. The van der Waals surface area contributed by atoms with Crippen molar-refractivity contribution in [3.8, 4) is 0 Å². The Kier molecular flexibility index (Phi) is 4.17. The quantitative estimate of drug-likeness (QED) is 0.634. The Bertz CT molecular complexity index is 1130. The molecular weight excluding hydrogens is 350 g/mol. The van der Waals surface area contributed by atoms with E-state index >= 15 is 0 Å². The van der Waals surface area contributed by atoms with Crippen LogP contribution in [0.25, 0.3) is 21.5 Å². The van der Waals surface area contributed by atoms with Crippen LogP contribution in [-0.2, 0) is 4.74 Å². The zero-order chi connectivity index (χ0) is 19.3. The van der Waals surface area contributed by atoms with Gasteiger partial charge in [0.05, 0.1) is 5.56 Å². The van der Waals surface area contributed by atoms with Gasteiger partial charge in [0, 0.05) is 41.1 Å². The topological polar surface area (TPSA) is 46.6 Å². The van der Waals surface area contributed by atoms with Gasteiger partial charge >= 0.3 is 5.97 Å². The molecule has 0 spiro atoms. The molecule has 0 radical (unpaired) electrons. The van der Waals surface area contributed by atoms with E-state index in [2.05, 4.69) is 11.9 Å². The van der Waals surface area contributed by atoms with Crippen LogP contribution in [-0.4, -0.2) is 36.1 Å². The molecule has 4 nitrogen and oxygen atoms in total. The third-order valence-electron chi connectivity index (χ3n) is 6.52. The van der Waals surface area contributed by atoms with E-state index < -0.39 is 0 Å². The van der Waals surface area contributed by atoms with Gasteiger partial charge in [-0.1, -0.05) is 48.5 Å². The SMILES string of the molecule is CN1C2CCC1CC(OC(=O)c1cc3ccccc3c(=O)c3ccccc13)C2. The Balaban J connectivity index is 1.59. The number of hydrogen-bond donors (Lipinski definition) is 0. The zero-order valence-corrected chi connectivity index (χ0v) is 15.9. The van der Waals surface area contributed by atoms with Crippen molar-refractivity contribution in [1.29, 1.82) is 0 Å². The minimum Gasteiger partial charge on any atom is -0.459 e. The van der Waals surface area contributed by atoms with Crippen LogP contribution in [0.15, 0.2) is 59.4 Å². The van der Waals surface area contributed by atoms with Crippen molar-refractivity contribution >= 4 is 27.5 Å². The number of benzene rings is 2. The monoisotopic (exact) mass is 373 g/mol. The lowest BCUT2D eigenvalue weighted by molar-refractivity contribution is -0.000247. The number of carbonyl (C=O) groups excluding carboxylic acids is 1. The van der Waals surface area contributed by atoms with Gasteiger partial charge in [-0.15, -0.1) is 0 Å². The summed E-state index contributed by atoms with van der Waals surface area (Å²) in [7, 11) is 2.17. The van der Waals surface area contributed by atoms with Crippen molar-refractivity contribution in [1.82, 2.24) is 4.90 Å². The molecule has 2 aliphatic heterocycles. The Morgan fingerprint density at radius 3 is 2.25 bits per heavy atom. The maximum atomic E-state index is 13.2. The summed E-state index contributed by atoms with van der Waals surface area (Å²) in [4.78, 5) is 28.7. The molecule has 2 bridgehead atoms. The normalized spacial score (nSPS) is 24.5. The van der Waals surface area contributed by atoms with Gasteiger partial charge in [-0.3, -0.25) is 4.79 Å². The average Bonchev–Trinajstić information content (AvgIpc) is 2.88. The van der Waals surface area contributed by atoms with E-state index in [1.54, 1.807) is 6.07 Å². The highest BCUT2D eigenvalue weighted by molar-refractivity contribution is 6.08. The molecule has 2 atom stereocenters. The molecule has 0 amide bonds. The highest BCUT2D eigenvalue weighted by Gasteiger charge is 2.40.